The number of benzene rings is 6. The highest BCUT2D eigenvalue weighted by atomic mass is 15.3. The van der Waals surface area contributed by atoms with E-state index < -0.39 is 0 Å². The van der Waals surface area contributed by atoms with Gasteiger partial charge in [-0.05, 0) is 53.6 Å². The Balaban J connectivity index is 1.34. The molecule has 1 N–H and O–H groups in total. The number of hydrogen-bond donors (Lipinski definition) is 1. The van der Waals surface area contributed by atoms with Gasteiger partial charge in [0.15, 0.2) is 0 Å². The van der Waals surface area contributed by atoms with Crippen LogP contribution in [0.25, 0.3) is 55.0 Å². The third kappa shape index (κ3) is 3.81. The molecule has 0 spiro atoms. The van der Waals surface area contributed by atoms with Gasteiger partial charge in [-0.2, -0.15) is 0 Å². The highest BCUT2D eigenvalue weighted by Gasteiger charge is 2.24. The van der Waals surface area contributed by atoms with E-state index in [4.69, 9.17) is 4.99 Å². The van der Waals surface area contributed by atoms with Crippen molar-refractivity contribution in [1.82, 2.24) is 14.5 Å². The molecule has 208 valence electrons. The van der Waals surface area contributed by atoms with Crippen LogP contribution in [0.5, 0.6) is 0 Å². The lowest BCUT2D eigenvalue weighted by molar-refractivity contribution is 0.508. The Hall–Kier alpha value is -5.87. The van der Waals surface area contributed by atoms with Crippen molar-refractivity contribution in [2.75, 3.05) is 0 Å². The fourth-order valence-electron chi connectivity index (χ4n) is 6.77. The summed E-state index contributed by atoms with van der Waals surface area (Å²) in [5.74, 6) is 0. The van der Waals surface area contributed by atoms with E-state index in [1.807, 2.05) is 0 Å². The van der Waals surface area contributed by atoms with E-state index in [1.54, 1.807) is 0 Å². The van der Waals surface area contributed by atoms with Gasteiger partial charge in [-0.15, -0.1) is 0 Å². The minimum Gasteiger partial charge on any atom is -0.346 e. The fraction of sp³-hybridized carbons (Fsp3) is 0.0250. The first-order valence-electron chi connectivity index (χ1n) is 15.0. The normalized spacial score (nSPS) is 15.0. The van der Waals surface area contributed by atoms with Crippen LogP contribution in [0.3, 0.4) is 0 Å². The minimum absolute atomic E-state index is 0.340. The van der Waals surface area contributed by atoms with Crippen LogP contribution in [0, 0.1) is 0 Å². The van der Waals surface area contributed by atoms with Crippen LogP contribution in [0.15, 0.2) is 163 Å². The molecule has 6 aromatic carbocycles. The molecule has 44 heavy (non-hydrogen) atoms. The molecule has 0 saturated heterocycles. The van der Waals surface area contributed by atoms with Gasteiger partial charge in [-0.1, -0.05) is 115 Å². The molecule has 4 nitrogen and oxygen atoms in total. The molecule has 0 radical (unpaired) electrons. The molecule has 1 aliphatic heterocycles. The van der Waals surface area contributed by atoms with Crippen LogP contribution in [-0.2, 0) is 0 Å². The highest BCUT2D eigenvalue weighted by Crippen LogP contribution is 2.40. The molecule has 0 bridgehead atoms. The molecule has 0 fully saturated rings. The average molecular weight is 565 g/mol. The Morgan fingerprint density at radius 1 is 0.477 bits per heavy atom. The molecule has 9 rings (SSSR count). The molecule has 1 aliphatic rings. The number of nitrogens with zero attached hydrogens (tertiary/aromatic N) is 3. The molecule has 1 atom stereocenters. The monoisotopic (exact) mass is 564 g/mol. The maximum Gasteiger partial charge on any atom is 0.201 e. The number of rotatable bonds is 4. The maximum atomic E-state index is 5.35. The average Bonchev–Trinajstić information content (AvgIpc) is 3.60. The summed E-state index contributed by atoms with van der Waals surface area (Å²) in [6.07, 6.45) is 1.83. The Kier molecular flexibility index (Phi) is 5.53. The third-order valence-electron chi connectivity index (χ3n) is 8.74. The van der Waals surface area contributed by atoms with Crippen molar-refractivity contribution in [1.29, 1.82) is 0 Å². The summed E-state index contributed by atoms with van der Waals surface area (Å²) in [5, 5.41) is 8.69. The summed E-state index contributed by atoms with van der Waals surface area (Å²) < 4.78 is 4.76. The van der Waals surface area contributed by atoms with E-state index in [0.717, 1.165) is 39.3 Å². The number of aromatic nitrogens is 2. The van der Waals surface area contributed by atoms with Crippen molar-refractivity contribution >= 4 is 55.0 Å². The predicted molar refractivity (Wildman–Crippen MR) is 183 cm³/mol. The van der Waals surface area contributed by atoms with E-state index in [0.29, 0.717) is 0 Å². The van der Waals surface area contributed by atoms with Crippen LogP contribution in [-0.4, -0.2) is 14.8 Å². The quantitative estimate of drug-likeness (QED) is 0.227. The van der Waals surface area contributed by atoms with Crippen molar-refractivity contribution in [3.05, 3.63) is 169 Å². The van der Waals surface area contributed by atoms with Crippen LogP contribution in [0.2, 0.25) is 0 Å². The van der Waals surface area contributed by atoms with Gasteiger partial charge in [0.1, 0.15) is 0 Å². The van der Waals surface area contributed by atoms with Crippen LogP contribution < -0.4 is 5.32 Å². The van der Waals surface area contributed by atoms with Crippen LogP contribution in [0.4, 0.5) is 0 Å². The van der Waals surface area contributed by atoms with E-state index >= 15 is 0 Å². The number of nitrogens with one attached hydrogen (secondary N) is 1. The molecule has 8 aromatic rings. The third-order valence-corrected chi connectivity index (χ3v) is 8.74. The number of aliphatic imine (C=N–C) groups is 1. The Morgan fingerprint density at radius 3 is 1.75 bits per heavy atom. The zero-order chi connectivity index (χ0) is 29.0. The van der Waals surface area contributed by atoms with E-state index in [-0.39, 0.29) is 6.29 Å². The zero-order valence-electron chi connectivity index (χ0n) is 23.9. The van der Waals surface area contributed by atoms with Gasteiger partial charge in [0.25, 0.3) is 0 Å². The number of fused-ring (bicyclic) bond motifs is 6. The second-order valence-corrected chi connectivity index (χ2v) is 11.3. The lowest BCUT2D eigenvalue weighted by Gasteiger charge is -2.27. The smallest absolute Gasteiger partial charge is 0.201 e. The zero-order valence-corrected chi connectivity index (χ0v) is 23.9. The Bertz CT molecular complexity index is 2400. The summed E-state index contributed by atoms with van der Waals surface area (Å²) in [4.78, 5) is 5.35. The summed E-state index contributed by atoms with van der Waals surface area (Å²) in [6, 6.07) is 53.8. The molecule has 2 aromatic heterocycles. The molecular weight excluding hydrogens is 536 g/mol. The van der Waals surface area contributed by atoms with Gasteiger partial charge < -0.3 is 14.5 Å². The summed E-state index contributed by atoms with van der Waals surface area (Å²) in [5.41, 5.74) is 10.1. The molecule has 1 unspecified atom stereocenters. The highest BCUT2D eigenvalue weighted by molar-refractivity contribution is 6.19. The standard InChI is InChI=1S/C40H28N4/c1-4-14-27(15-5-1)34-26-35(28-16-6-2-7-17-28)42-40(41-34)44-37-23-13-11-21-31(37)33-24-38-32(25-39(33)44)30-20-10-12-22-36(30)43(38)29-18-8-3-9-19-29/h1-26,40-41H. The number of hydrogen-bond acceptors (Lipinski definition) is 2. The largest absolute Gasteiger partial charge is 0.346 e. The van der Waals surface area contributed by atoms with Crippen molar-refractivity contribution in [3.63, 3.8) is 0 Å². The number of para-hydroxylation sites is 3. The second-order valence-electron chi connectivity index (χ2n) is 11.3. The van der Waals surface area contributed by atoms with E-state index in [1.165, 1.54) is 32.6 Å². The van der Waals surface area contributed by atoms with Gasteiger partial charge in [0.05, 0.1) is 27.8 Å². The second kappa shape index (κ2) is 9.85. The lowest BCUT2D eigenvalue weighted by atomic mass is 10.0. The molecule has 4 heteroatoms. The van der Waals surface area contributed by atoms with E-state index in [9.17, 15) is 0 Å². The van der Waals surface area contributed by atoms with Gasteiger partial charge in [-0.3, -0.25) is 0 Å². The number of allylic oxidation sites excluding steroid dienone is 1. The summed E-state index contributed by atoms with van der Waals surface area (Å²) in [7, 11) is 0. The van der Waals surface area contributed by atoms with Crippen molar-refractivity contribution in [2.45, 2.75) is 6.29 Å². The summed E-state index contributed by atoms with van der Waals surface area (Å²) in [6.45, 7) is 0. The molecule has 0 saturated carbocycles. The first kappa shape index (κ1) is 24.7. The lowest BCUT2D eigenvalue weighted by Crippen LogP contribution is -2.29. The van der Waals surface area contributed by atoms with Crippen LogP contribution >= 0.6 is 0 Å². The minimum atomic E-state index is -0.340. The summed E-state index contributed by atoms with van der Waals surface area (Å²) >= 11 is 0. The molecule has 3 heterocycles. The van der Waals surface area contributed by atoms with Crippen molar-refractivity contribution in [2.24, 2.45) is 4.99 Å². The van der Waals surface area contributed by atoms with Gasteiger partial charge >= 0.3 is 0 Å². The maximum absolute atomic E-state index is 5.35. The Morgan fingerprint density at radius 2 is 1.02 bits per heavy atom. The van der Waals surface area contributed by atoms with Gasteiger partial charge in [0, 0.05) is 32.9 Å². The Labute approximate surface area is 254 Å². The van der Waals surface area contributed by atoms with E-state index in [2.05, 4.69) is 172 Å². The molecular formula is C40H28N4. The molecule has 0 amide bonds. The van der Waals surface area contributed by atoms with Crippen molar-refractivity contribution in [3.8, 4) is 5.69 Å². The van der Waals surface area contributed by atoms with Crippen molar-refractivity contribution < 1.29 is 0 Å². The fourth-order valence-corrected chi connectivity index (χ4v) is 6.77. The first-order chi connectivity index (χ1) is 21.8. The predicted octanol–water partition coefficient (Wildman–Crippen LogP) is 9.48. The molecule has 0 aliphatic carbocycles. The SMILES string of the molecule is C1=C(c2ccccc2)NC(n2c3ccccc3c3cc4c(cc32)c2ccccc2n4-c2ccccc2)N=C1c1ccccc1. The van der Waals surface area contributed by atoms with Gasteiger partial charge in [-0.25, -0.2) is 4.99 Å². The first-order valence-corrected chi connectivity index (χ1v) is 15.0. The van der Waals surface area contributed by atoms with Gasteiger partial charge in [0.2, 0.25) is 6.29 Å². The van der Waals surface area contributed by atoms with Crippen LogP contribution in [0.1, 0.15) is 17.4 Å². The topological polar surface area (TPSA) is 34.2 Å².